The second kappa shape index (κ2) is 7.21. The molecule has 2 rings (SSSR count). The summed E-state index contributed by atoms with van der Waals surface area (Å²) in [4.78, 5) is 26.0. The van der Waals surface area contributed by atoms with Gasteiger partial charge in [-0.15, -0.1) is 11.3 Å². The average Bonchev–Trinajstić information content (AvgIpc) is 2.98. The molecule has 108 valence electrons. The Hall–Kier alpha value is -1.66. The molecule has 5 nitrogen and oxygen atoms in total. The van der Waals surface area contributed by atoms with E-state index in [4.69, 9.17) is 4.74 Å². The highest BCUT2D eigenvalue weighted by Gasteiger charge is 2.25. The minimum Gasteiger partial charge on any atom is -0.469 e. The van der Waals surface area contributed by atoms with Crippen molar-refractivity contribution in [3.63, 3.8) is 0 Å². The van der Waals surface area contributed by atoms with Crippen molar-refractivity contribution in [3.05, 3.63) is 28.5 Å². The first-order chi connectivity index (χ1) is 9.69. The van der Waals surface area contributed by atoms with E-state index in [1.165, 1.54) is 7.11 Å². The van der Waals surface area contributed by atoms with Gasteiger partial charge in [0.2, 0.25) is 5.91 Å². The molecule has 6 heteroatoms. The molecule has 0 aromatic carbocycles. The first-order valence-electron chi connectivity index (χ1n) is 6.38. The smallest absolute Gasteiger partial charge is 0.308 e. The molecule has 1 atom stereocenters. The predicted octanol–water partition coefficient (Wildman–Crippen LogP) is 1.55. The van der Waals surface area contributed by atoms with Gasteiger partial charge in [0, 0.05) is 24.0 Å². The summed E-state index contributed by atoms with van der Waals surface area (Å²) in [6, 6.07) is 3.89. The number of hydrogen-bond donors (Lipinski definition) is 0. The van der Waals surface area contributed by atoms with Crippen LogP contribution in [0.1, 0.15) is 11.3 Å². The Morgan fingerprint density at radius 2 is 2.45 bits per heavy atom. The molecule has 0 radical (unpaired) electrons. The summed E-state index contributed by atoms with van der Waals surface area (Å²) >= 11 is 1.58. The monoisotopic (exact) mass is 295 g/mol. The maximum Gasteiger partial charge on any atom is 0.308 e. The minimum atomic E-state index is -0.321. The Labute approximate surface area is 121 Å². The summed E-state index contributed by atoms with van der Waals surface area (Å²) in [5.41, 5.74) is 0. The third-order valence-electron chi connectivity index (χ3n) is 3.01. The average molecular weight is 295 g/mol. The molecule has 0 N–H and O–H groups in total. The molecule has 1 aromatic rings. The number of morpholine rings is 1. The van der Waals surface area contributed by atoms with E-state index in [0.29, 0.717) is 19.7 Å². The summed E-state index contributed by atoms with van der Waals surface area (Å²) < 4.78 is 10.1. The summed E-state index contributed by atoms with van der Waals surface area (Å²) in [6.07, 6.45) is 3.26. The van der Waals surface area contributed by atoms with Gasteiger partial charge in [-0.3, -0.25) is 9.59 Å². The molecule has 0 spiro atoms. The van der Waals surface area contributed by atoms with Crippen molar-refractivity contribution in [2.75, 3.05) is 26.8 Å². The van der Waals surface area contributed by atoms with Crippen LogP contribution >= 0.6 is 11.3 Å². The van der Waals surface area contributed by atoms with E-state index in [9.17, 15) is 9.59 Å². The topological polar surface area (TPSA) is 55.8 Å². The standard InChI is InChI=1S/C14H17NO4S/c1-18-14(17)9-11-10-15(6-7-19-11)13(16)5-4-12-3-2-8-20-12/h2-5,8,11H,6-7,9-10H2,1H3/b5-4+. The number of rotatable bonds is 4. The normalized spacial score (nSPS) is 19.2. The Morgan fingerprint density at radius 1 is 1.60 bits per heavy atom. The van der Waals surface area contributed by atoms with Crippen molar-refractivity contribution < 1.29 is 19.1 Å². The fourth-order valence-corrected chi connectivity index (χ4v) is 2.58. The van der Waals surface area contributed by atoms with Crippen LogP contribution in [0.15, 0.2) is 23.6 Å². The molecule has 20 heavy (non-hydrogen) atoms. The zero-order valence-electron chi connectivity index (χ0n) is 11.3. The van der Waals surface area contributed by atoms with Gasteiger partial charge in [0.25, 0.3) is 0 Å². The highest BCUT2D eigenvalue weighted by molar-refractivity contribution is 7.10. The van der Waals surface area contributed by atoms with Gasteiger partial charge < -0.3 is 14.4 Å². The number of hydrogen-bond acceptors (Lipinski definition) is 5. The second-order valence-corrected chi connectivity index (χ2v) is 5.39. The molecular weight excluding hydrogens is 278 g/mol. The van der Waals surface area contributed by atoms with Crippen LogP contribution in [0.2, 0.25) is 0 Å². The maximum absolute atomic E-state index is 12.1. The zero-order chi connectivity index (χ0) is 14.4. The number of esters is 1. The van der Waals surface area contributed by atoms with Crippen molar-refractivity contribution in [2.24, 2.45) is 0 Å². The molecule has 1 aliphatic rings. The van der Waals surface area contributed by atoms with Crippen LogP contribution in [0.4, 0.5) is 0 Å². The minimum absolute atomic E-state index is 0.0587. The molecule has 2 heterocycles. The number of thiophene rings is 1. The van der Waals surface area contributed by atoms with Crippen LogP contribution in [-0.2, 0) is 19.1 Å². The quantitative estimate of drug-likeness (QED) is 0.625. The van der Waals surface area contributed by atoms with E-state index in [2.05, 4.69) is 4.74 Å². The third kappa shape index (κ3) is 4.18. The predicted molar refractivity (Wildman–Crippen MR) is 76.3 cm³/mol. The molecule has 0 bridgehead atoms. The van der Waals surface area contributed by atoms with Crippen LogP contribution in [0, 0.1) is 0 Å². The SMILES string of the molecule is COC(=O)CC1CN(C(=O)/C=C/c2cccs2)CCO1. The molecule has 1 saturated heterocycles. The van der Waals surface area contributed by atoms with Crippen molar-refractivity contribution in [1.29, 1.82) is 0 Å². The Kier molecular flexibility index (Phi) is 5.31. The van der Waals surface area contributed by atoms with Crippen LogP contribution in [0.5, 0.6) is 0 Å². The number of ether oxygens (including phenoxy) is 2. The van der Waals surface area contributed by atoms with Gasteiger partial charge in [-0.2, -0.15) is 0 Å². The molecule has 1 unspecified atom stereocenters. The third-order valence-corrected chi connectivity index (χ3v) is 3.84. The first-order valence-corrected chi connectivity index (χ1v) is 7.26. The second-order valence-electron chi connectivity index (χ2n) is 4.41. The summed E-state index contributed by atoms with van der Waals surface area (Å²) in [5.74, 6) is -0.380. The van der Waals surface area contributed by atoms with Gasteiger partial charge in [-0.25, -0.2) is 0 Å². The molecule has 0 aliphatic carbocycles. The van der Waals surface area contributed by atoms with Gasteiger partial charge in [0.15, 0.2) is 0 Å². The highest BCUT2D eigenvalue weighted by Crippen LogP contribution is 2.13. The van der Waals surface area contributed by atoms with Crippen molar-refractivity contribution in [1.82, 2.24) is 4.90 Å². The molecular formula is C14H17NO4S. The lowest BCUT2D eigenvalue weighted by molar-refractivity contribution is -0.148. The number of carbonyl (C=O) groups is 2. The van der Waals surface area contributed by atoms with E-state index in [0.717, 1.165) is 4.88 Å². The maximum atomic E-state index is 12.1. The van der Waals surface area contributed by atoms with E-state index < -0.39 is 0 Å². The van der Waals surface area contributed by atoms with Crippen molar-refractivity contribution in [3.8, 4) is 0 Å². The van der Waals surface area contributed by atoms with E-state index in [1.807, 2.05) is 17.5 Å². The highest BCUT2D eigenvalue weighted by atomic mass is 32.1. The van der Waals surface area contributed by atoms with E-state index in [1.54, 1.807) is 28.4 Å². The summed E-state index contributed by atoms with van der Waals surface area (Å²) in [5, 5.41) is 1.96. The Morgan fingerprint density at radius 3 is 3.15 bits per heavy atom. The van der Waals surface area contributed by atoms with Gasteiger partial charge >= 0.3 is 5.97 Å². The molecule has 1 amide bonds. The fourth-order valence-electron chi connectivity index (χ4n) is 1.96. The number of methoxy groups -OCH3 is 1. The molecule has 1 aliphatic heterocycles. The fraction of sp³-hybridized carbons (Fsp3) is 0.429. The van der Waals surface area contributed by atoms with Crippen LogP contribution in [0.25, 0.3) is 6.08 Å². The molecule has 0 saturated carbocycles. The van der Waals surface area contributed by atoms with Gasteiger partial charge in [0.05, 0.1) is 26.2 Å². The zero-order valence-corrected chi connectivity index (χ0v) is 12.1. The first kappa shape index (κ1) is 14.7. The number of nitrogens with zero attached hydrogens (tertiary/aromatic N) is 1. The van der Waals surface area contributed by atoms with Gasteiger partial charge in [0.1, 0.15) is 0 Å². The Bertz CT molecular complexity index is 483. The number of amides is 1. The van der Waals surface area contributed by atoms with E-state index >= 15 is 0 Å². The van der Waals surface area contributed by atoms with E-state index in [-0.39, 0.29) is 24.4 Å². The lowest BCUT2D eigenvalue weighted by Crippen LogP contribution is -2.45. The summed E-state index contributed by atoms with van der Waals surface area (Å²) in [6.45, 7) is 1.41. The van der Waals surface area contributed by atoms with Gasteiger partial charge in [-0.1, -0.05) is 6.07 Å². The largest absolute Gasteiger partial charge is 0.469 e. The molecule has 1 fully saturated rings. The number of carbonyl (C=O) groups excluding carboxylic acids is 2. The van der Waals surface area contributed by atoms with Crippen molar-refractivity contribution in [2.45, 2.75) is 12.5 Å². The van der Waals surface area contributed by atoms with Crippen LogP contribution in [0.3, 0.4) is 0 Å². The summed E-state index contributed by atoms with van der Waals surface area (Å²) in [7, 11) is 1.35. The van der Waals surface area contributed by atoms with Crippen molar-refractivity contribution >= 4 is 29.3 Å². The molecule has 1 aromatic heterocycles. The lowest BCUT2D eigenvalue weighted by Gasteiger charge is -2.31. The lowest BCUT2D eigenvalue weighted by atomic mass is 10.2. The Balaban J connectivity index is 1.88. The van der Waals surface area contributed by atoms with Gasteiger partial charge in [-0.05, 0) is 17.5 Å². The van der Waals surface area contributed by atoms with Crippen LogP contribution < -0.4 is 0 Å². The van der Waals surface area contributed by atoms with Crippen LogP contribution in [-0.4, -0.2) is 49.7 Å².